The van der Waals surface area contributed by atoms with E-state index in [4.69, 9.17) is 10.4 Å². The second-order valence-corrected chi connectivity index (χ2v) is 2.43. The van der Waals surface area contributed by atoms with E-state index in [0.717, 1.165) is 6.07 Å². The second-order valence-electron chi connectivity index (χ2n) is 2.43. The molecular weight excluding hydrogens is 157 g/mol. The Hall–Kier alpha value is -1.56. The van der Waals surface area contributed by atoms with Crippen LogP contribution in [0.25, 0.3) is 0 Å². The molecule has 0 aliphatic rings. The minimum atomic E-state index is -0.731. The van der Waals surface area contributed by atoms with Crippen molar-refractivity contribution in [3.8, 4) is 11.8 Å². The molecule has 0 saturated carbocycles. The molecule has 1 rings (SSSR count). The van der Waals surface area contributed by atoms with Gasteiger partial charge in [-0.25, -0.2) is 4.39 Å². The van der Waals surface area contributed by atoms with Crippen molar-refractivity contribution in [1.29, 1.82) is 5.26 Å². The fourth-order valence-electron chi connectivity index (χ4n) is 0.990. The van der Waals surface area contributed by atoms with Gasteiger partial charge in [-0.2, -0.15) is 5.26 Å². The number of phenolic OH excluding ortho intramolecular Hbond substituents is 1. The first-order chi connectivity index (χ1) is 5.69. The van der Waals surface area contributed by atoms with Gasteiger partial charge in [-0.1, -0.05) is 6.92 Å². The smallest absolute Gasteiger partial charge is 0.166 e. The predicted molar refractivity (Wildman–Crippen MR) is 42.2 cm³/mol. The van der Waals surface area contributed by atoms with Crippen LogP contribution in [0.15, 0.2) is 12.1 Å². The zero-order chi connectivity index (χ0) is 9.14. The number of benzene rings is 1. The Morgan fingerprint density at radius 1 is 1.58 bits per heavy atom. The zero-order valence-corrected chi connectivity index (χ0v) is 6.63. The highest BCUT2D eigenvalue weighted by atomic mass is 19.1. The second kappa shape index (κ2) is 3.22. The van der Waals surface area contributed by atoms with Gasteiger partial charge in [0.15, 0.2) is 11.6 Å². The van der Waals surface area contributed by atoms with E-state index in [1.54, 1.807) is 6.92 Å². The van der Waals surface area contributed by atoms with Crippen LogP contribution < -0.4 is 0 Å². The number of aromatic hydroxyl groups is 1. The maximum atomic E-state index is 12.8. The van der Waals surface area contributed by atoms with Gasteiger partial charge >= 0.3 is 0 Å². The third-order valence-electron chi connectivity index (χ3n) is 1.65. The maximum absolute atomic E-state index is 12.8. The molecule has 0 amide bonds. The minimum absolute atomic E-state index is 0.238. The average Bonchev–Trinajstić information content (AvgIpc) is 2.09. The monoisotopic (exact) mass is 165 g/mol. The van der Waals surface area contributed by atoms with E-state index >= 15 is 0 Å². The predicted octanol–water partition coefficient (Wildman–Crippen LogP) is 1.97. The van der Waals surface area contributed by atoms with Crippen molar-refractivity contribution < 1.29 is 9.50 Å². The van der Waals surface area contributed by atoms with Crippen molar-refractivity contribution in [3.05, 3.63) is 29.1 Å². The van der Waals surface area contributed by atoms with Crippen LogP contribution in [0.2, 0.25) is 0 Å². The fourth-order valence-corrected chi connectivity index (χ4v) is 0.990. The standard InChI is InChI=1S/C9H8FNO/c1-2-7-3-6(5-11)4-8(10)9(7)12/h3-4,12H,2H2,1H3. The highest BCUT2D eigenvalue weighted by Crippen LogP contribution is 2.22. The first-order valence-corrected chi connectivity index (χ1v) is 3.60. The summed E-state index contributed by atoms with van der Waals surface area (Å²) in [6, 6.07) is 4.33. The Morgan fingerprint density at radius 3 is 2.75 bits per heavy atom. The summed E-state index contributed by atoms with van der Waals surface area (Å²) in [5.41, 5.74) is 0.703. The molecule has 0 aliphatic heterocycles. The molecule has 0 bridgehead atoms. The summed E-state index contributed by atoms with van der Waals surface area (Å²) in [6.45, 7) is 1.79. The minimum Gasteiger partial charge on any atom is -0.505 e. The van der Waals surface area contributed by atoms with Crippen molar-refractivity contribution >= 4 is 0 Å². The summed E-state index contributed by atoms with van der Waals surface area (Å²) in [5.74, 6) is -1.08. The molecule has 0 saturated heterocycles. The van der Waals surface area contributed by atoms with Crippen molar-refractivity contribution in [1.82, 2.24) is 0 Å². The van der Waals surface area contributed by atoms with Crippen LogP contribution in [0, 0.1) is 17.1 Å². The summed E-state index contributed by atoms with van der Waals surface area (Å²) in [5, 5.41) is 17.6. The van der Waals surface area contributed by atoms with Crippen molar-refractivity contribution in [3.63, 3.8) is 0 Å². The van der Waals surface area contributed by atoms with Gasteiger partial charge in [0.2, 0.25) is 0 Å². The number of rotatable bonds is 1. The Labute approximate surface area is 69.9 Å². The van der Waals surface area contributed by atoms with Crippen LogP contribution in [0.4, 0.5) is 4.39 Å². The molecule has 0 unspecified atom stereocenters. The zero-order valence-electron chi connectivity index (χ0n) is 6.63. The van der Waals surface area contributed by atoms with Crippen LogP contribution >= 0.6 is 0 Å². The largest absolute Gasteiger partial charge is 0.505 e. The third kappa shape index (κ3) is 1.37. The molecule has 0 aliphatic carbocycles. The normalized spacial score (nSPS) is 9.42. The van der Waals surface area contributed by atoms with E-state index in [1.807, 2.05) is 6.07 Å². The molecule has 1 N–H and O–H groups in total. The van der Waals surface area contributed by atoms with Gasteiger partial charge < -0.3 is 5.11 Å². The van der Waals surface area contributed by atoms with Crippen molar-refractivity contribution in [2.45, 2.75) is 13.3 Å². The highest BCUT2D eigenvalue weighted by molar-refractivity contribution is 5.42. The lowest BCUT2D eigenvalue weighted by molar-refractivity contribution is 0.426. The third-order valence-corrected chi connectivity index (χ3v) is 1.65. The summed E-state index contributed by atoms with van der Waals surface area (Å²) < 4.78 is 12.8. The number of nitrogens with zero attached hydrogens (tertiary/aromatic N) is 1. The van der Waals surface area contributed by atoms with Gasteiger partial charge in [-0.05, 0) is 24.1 Å². The molecular formula is C9H8FNO. The van der Waals surface area contributed by atoms with Crippen LogP contribution in [-0.2, 0) is 6.42 Å². The Balaban J connectivity index is 3.31. The van der Waals surface area contributed by atoms with E-state index in [9.17, 15) is 4.39 Å². The number of nitriles is 1. The van der Waals surface area contributed by atoms with E-state index in [0.29, 0.717) is 12.0 Å². The Bertz CT molecular complexity index is 341. The quantitative estimate of drug-likeness (QED) is 0.691. The first-order valence-electron chi connectivity index (χ1n) is 3.60. The molecule has 0 radical (unpaired) electrons. The summed E-state index contributed by atoms with van der Waals surface area (Å²) in [4.78, 5) is 0. The molecule has 1 aromatic carbocycles. The van der Waals surface area contributed by atoms with Gasteiger partial charge in [0.05, 0.1) is 11.6 Å². The average molecular weight is 165 g/mol. The van der Waals surface area contributed by atoms with Gasteiger partial charge in [0, 0.05) is 0 Å². The van der Waals surface area contributed by atoms with Gasteiger partial charge in [0.1, 0.15) is 0 Å². The molecule has 12 heavy (non-hydrogen) atoms. The molecule has 0 atom stereocenters. The van der Waals surface area contributed by atoms with Gasteiger partial charge in [-0.15, -0.1) is 0 Å². The van der Waals surface area contributed by atoms with Gasteiger partial charge in [-0.3, -0.25) is 0 Å². The van der Waals surface area contributed by atoms with Crippen LogP contribution in [0.5, 0.6) is 5.75 Å². The van der Waals surface area contributed by atoms with E-state index in [-0.39, 0.29) is 11.3 Å². The molecule has 2 nitrogen and oxygen atoms in total. The highest BCUT2D eigenvalue weighted by Gasteiger charge is 2.07. The molecule has 0 spiro atoms. The molecule has 62 valence electrons. The molecule has 3 heteroatoms. The van der Waals surface area contributed by atoms with Crippen LogP contribution in [0.1, 0.15) is 18.1 Å². The molecule has 0 fully saturated rings. The summed E-state index contributed by atoms with van der Waals surface area (Å²) in [7, 11) is 0. The number of hydrogen-bond acceptors (Lipinski definition) is 2. The van der Waals surface area contributed by atoms with Crippen LogP contribution in [0.3, 0.4) is 0 Å². The fraction of sp³-hybridized carbons (Fsp3) is 0.222. The van der Waals surface area contributed by atoms with Crippen LogP contribution in [-0.4, -0.2) is 5.11 Å². The lowest BCUT2D eigenvalue weighted by Gasteiger charge is -2.02. The Morgan fingerprint density at radius 2 is 2.25 bits per heavy atom. The van der Waals surface area contributed by atoms with Crippen molar-refractivity contribution in [2.24, 2.45) is 0 Å². The number of phenols is 1. The summed E-state index contributed by atoms with van der Waals surface area (Å²) >= 11 is 0. The topological polar surface area (TPSA) is 44.0 Å². The number of hydrogen-bond donors (Lipinski definition) is 1. The first kappa shape index (κ1) is 8.54. The molecule has 0 aromatic heterocycles. The number of aryl methyl sites for hydroxylation is 1. The lowest BCUT2D eigenvalue weighted by atomic mass is 10.1. The van der Waals surface area contributed by atoms with E-state index < -0.39 is 5.82 Å². The number of halogens is 1. The summed E-state index contributed by atoms with van der Waals surface area (Å²) in [6.07, 6.45) is 0.512. The van der Waals surface area contributed by atoms with Crippen molar-refractivity contribution in [2.75, 3.05) is 0 Å². The van der Waals surface area contributed by atoms with E-state index in [1.165, 1.54) is 6.07 Å². The SMILES string of the molecule is CCc1cc(C#N)cc(F)c1O. The molecule has 0 heterocycles. The van der Waals surface area contributed by atoms with E-state index in [2.05, 4.69) is 0 Å². The maximum Gasteiger partial charge on any atom is 0.166 e. The Kier molecular flexibility index (Phi) is 2.29. The van der Waals surface area contributed by atoms with Gasteiger partial charge in [0.25, 0.3) is 0 Å². The molecule has 1 aromatic rings. The lowest BCUT2D eigenvalue weighted by Crippen LogP contribution is -1.88.